The predicted octanol–water partition coefficient (Wildman–Crippen LogP) is 0.360. The summed E-state index contributed by atoms with van der Waals surface area (Å²) in [6.07, 6.45) is 1.88. The summed E-state index contributed by atoms with van der Waals surface area (Å²) in [6, 6.07) is 0. The van der Waals surface area contributed by atoms with E-state index in [2.05, 4.69) is 6.58 Å². The van der Waals surface area contributed by atoms with Gasteiger partial charge in [-0.05, 0) is 30.4 Å². The van der Waals surface area contributed by atoms with Gasteiger partial charge in [-0.15, -0.1) is 0 Å². The normalized spacial score (nSPS) is 56.5. The van der Waals surface area contributed by atoms with Crippen LogP contribution < -0.4 is 0 Å². The van der Waals surface area contributed by atoms with Crippen LogP contribution in [0.3, 0.4) is 0 Å². The fourth-order valence-electron chi connectivity index (χ4n) is 7.21. The third-order valence-electron chi connectivity index (χ3n) is 8.32. The first-order valence-corrected chi connectivity index (χ1v) is 9.26. The van der Waals surface area contributed by atoms with Gasteiger partial charge in [0.2, 0.25) is 5.79 Å². The second-order valence-corrected chi connectivity index (χ2v) is 9.34. The molecular formula is C20H24O6. The number of ether oxygens (including phenoxy) is 1. The molecule has 4 aliphatic carbocycles. The average molecular weight is 360 g/mol. The molecule has 0 aromatic carbocycles. The number of carbonyl (C=O) groups excluding carboxylic acids is 2. The predicted molar refractivity (Wildman–Crippen MR) is 89.6 cm³/mol. The SMILES string of the molecule is C=C1C(=O)[C@]23[C@H](O)[C@H]1CC[C@H]2[C@]12C=CC(=O)C(C)(C)[C@H]1[C@H](O)[C@]3(O)OC2. The van der Waals surface area contributed by atoms with Crippen LogP contribution >= 0.6 is 0 Å². The van der Waals surface area contributed by atoms with Gasteiger partial charge in [0.1, 0.15) is 11.5 Å². The number of hydrogen-bond donors (Lipinski definition) is 3. The average Bonchev–Trinajstić information content (AvgIpc) is 2.69. The molecule has 140 valence electrons. The van der Waals surface area contributed by atoms with Crippen LogP contribution in [0.5, 0.6) is 0 Å². The molecule has 2 saturated heterocycles. The molecule has 0 amide bonds. The van der Waals surface area contributed by atoms with Crippen molar-refractivity contribution >= 4 is 11.6 Å². The van der Waals surface area contributed by atoms with Gasteiger partial charge in [0.15, 0.2) is 11.6 Å². The molecule has 0 aromatic rings. The van der Waals surface area contributed by atoms with Crippen molar-refractivity contribution in [2.24, 2.45) is 34.0 Å². The van der Waals surface area contributed by atoms with Crippen LogP contribution in [0.4, 0.5) is 0 Å². The molecule has 2 spiro atoms. The molecule has 2 aliphatic heterocycles. The van der Waals surface area contributed by atoms with Gasteiger partial charge in [0.05, 0.1) is 12.7 Å². The van der Waals surface area contributed by atoms with E-state index in [1.54, 1.807) is 19.9 Å². The highest BCUT2D eigenvalue weighted by Crippen LogP contribution is 2.75. The van der Waals surface area contributed by atoms with Crippen LogP contribution in [-0.4, -0.2) is 51.5 Å². The Labute approximate surface area is 151 Å². The maximum Gasteiger partial charge on any atom is 0.208 e. The molecule has 26 heavy (non-hydrogen) atoms. The van der Waals surface area contributed by atoms with Crippen LogP contribution in [0.15, 0.2) is 24.3 Å². The molecule has 0 unspecified atom stereocenters. The standard InChI is InChI=1S/C20H24O6/c1-9-10-4-5-11-18-7-6-12(21)17(2,3)13(18)16(24)20(25,26-8-18)19(11,14(9)22)15(10)23/h6-7,10-11,13,15-16,23-25H,1,4-5,8H2,2-3H3/t10-,11-,13+,15+,16-,18+,19-,20-/m0/s1. The molecular weight excluding hydrogens is 336 g/mol. The fraction of sp³-hybridized carbons (Fsp3) is 0.700. The van der Waals surface area contributed by atoms with Gasteiger partial charge in [0, 0.05) is 22.7 Å². The smallest absolute Gasteiger partial charge is 0.208 e. The Balaban J connectivity index is 1.83. The Bertz CT molecular complexity index is 798. The van der Waals surface area contributed by atoms with Crippen molar-refractivity contribution in [1.29, 1.82) is 0 Å². The maximum absolute atomic E-state index is 13.3. The van der Waals surface area contributed by atoms with Crippen molar-refractivity contribution in [3.63, 3.8) is 0 Å². The summed E-state index contributed by atoms with van der Waals surface area (Å²) >= 11 is 0. The second kappa shape index (κ2) is 4.38. The van der Waals surface area contributed by atoms with E-state index in [0.717, 1.165) is 0 Å². The largest absolute Gasteiger partial charge is 0.391 e. The molecule has 6 heteroatoms. The topological polar surface area (TPSA) is 104 Å². The van der Waals surface area contributed by atoms with E-state index in [9.17, 15) is 24.9 Å². The summed E-state index contributed by atoms with van der Waals surface area (Å²) in [5.74, 6) is -4.17. The zero-order chi connectivity index (χ0) is 18.9. The highest BCUT2D eigenvalue weighted by Gasteiger charge is 2.85. The van der Waals surface area contributed by atoms with Crippen molar-refractivity contribution in [1.82, 2.24) is 0 Å². The van der Waals surface area contributed by atoms with E-state index < -0.39 is 57.8 Å². The summed E-state index contributed by atoms with van der Waals surface area (Å²) in [6.45, 7) is 7.51. The lowest BCUT2D eigenvalue weighted by molar-refractivity contribution is -0.434. The molecule has 6 aliphatic rings. The van der Waals surface area contributed by atoms with Gasteiger partial charge >= 0.3 is 0 Å². The van der Waals surface area contributed by atoms with E-state index in [1.807, 2.05) is 0 Å². The first-order valence-electron chi connectivity index (χ1n) is 9.26. The van der Waals surface area contributed by atoms with Gasteiger partial charge in [-0.3, -0.25) is 9.59 Å². The van der Waals surface area contributed by atoms with Gasteiger partial charge < -0.3 is 20.1 Å². The zero-order valence-corrected chi connectivity index (χ0v) is 14.9. The Kier molecular flexibility index (Phi) is 2.83. The van der Waals surface area contributed by atoms with Crippen molar-refractivity contribution in [2.75, 3.05) is 6.61 Å². The number of fused-ring (bicyclic) bond motifs is 2. The summed E-state index contributed by atoms with van der Waals surface area (Å²) < 4.78 is 5.77. The lowest BCUT2D eigenvalue weighted by Crippen LogP contribution is -2.83. The van der Waals surface area contributed by atoms with Crippen molar-refractivity contribution in [3.8, 4) is 0 Å². The van der Waals surface area contributed by atoms with Crippen LogP contribution in [0.1, 0.15) is 26.7 Å². The molecule has 5 fully saturated rings. The van der Waals surface area contributed by atoms with Crippen molar-refractivity contribution in [3.05, 3.63) is 24.3 Å². The molecule has 6 rings (SSSR count). The van der Waals surface area contributed by atoms with Gasteiger partial charge in [-0.25, -0.2) is 0 Å². The lowest BCUT2D eigenvalue weighted by atomic mass is 9.37. The molecule has 4 bridgehead atoms. The molecule has 0 radical (unpaired) electrons. The second-order valence-electron chi connectivity index (χ2n) is 9.34. The minimum Gasteiger partial charge on any atom is -0.391 e. The molecule has 2 heterocycles. The van der Waals surface area contributed by atoms with Crippen molar-refractivity contribution in [2.45, 2.75) is 44.7 Å². The monoisotopic (exact) mass is 360 g/mol. The van der Waals surface area contributed by atoms with E-state index in [4.69, 9.17) is 4.74 Å². The Morgan fingerprint density at radius 2 is 1.88 bits per heavy atom. The van der Waals surface area contributed by atoms with Crippen molar-refractivity contribution < 1.29 is 29.6 Å². The van der Waals surface area contributed by atoms with Gasteiger partial charge in [-0.1, -0.05) is 26.5 Å². The summed E-state index contributed by atoms with van der Waals surface area (Å²) in [5, 5.41) is 33.9. The lowest BCUT2D eigenvalue weighted by Gasteiger charge is -2.72. The summed E-state index contributed by atoms with van der Waals surface area (Å²) in [4.78, 5) is 25.8. The number of allylic oxidation sites excluding steroid dienone is 1. The highest BCUT2D eigenvalue weighted by atomic mass is 16.6. The Morgan fingerprint density at radius 3 is 2.58 bits per heavy atom. The number of ketones is 2. The minimum absolute atomic E-state index is 0.113. The van der Waals surface area contributed by atoms with Gasteiger partial charge in [0.25, 0.3) is 0 Å². The number of carbonyl (C=O) groups is 2. The highest BCUT2D eigenvalue weighted by molar-refractivity contribution is 6.05. The Morgan fingerprint density at radius 1 is 1.19 bits per heavy atom. The molecule has 3 N–H and O–H groups in total. The third kappa shape index (κ3) is 1.32. The molecule has 8 atom stereocenters. The molecule has 6 nitrogen and oxygen atoms in total. The van der Waals surface area contributed by atoms with E-state index in [1.165, 1.54) is 6.08 Å². The minimum atomic E-state index is -2.22. The number of aliphatic hydroxyl groups excluding tert-OH is 2. The van der Waals surface area contributed by atoms with E-state index in [0.29, 0.717) is 18.4 Å². The van der Waals surface area contributed by atoms with Crippen LogP contribution in [0, 0.1) is 34.0 Å². The molecule has 3 saturated carbocycles. The summed E-state index contributed by atoms with van der Waals surface area (Å²) in [5.41, 5.74) is -3.01. The van der Waals surface area contributed by atoms with Crippen LogP contribution in [0.25, 0.3) is 0 Å². The number of aliphatic hydroxyl groups is 3. The van der Waals surface area contributed by atoms with Gasteiger partial charge in [-0.2, -0.15) is 0 Å². The number of Topliss-reactive ketones (excluding diaryl/α,β-unsaturated/α-hetero) is 1. The van der Waals surface area contributed by atoms with E-state index in [-0.39, 0.29) is 12.4 Å². The van der Waals surface area contributed by atoms with E-state index >= 15 is 0 Å². The summed E-state index contributed by atoms with van der Waals surface area (Å²) in [7, 11) is 0. The quantitative estimate of drug-likeness (QED) is 0.539. The first-order chi connectivity index (χ1) is 12.1. The zero-order valence-electron chi connectivity index (χ0n) is 14.9. The Hall–Kier alpha value is -1.34. The number of rotatable bonds is 0. The van der Waals surface area contributed by atoms with Crippen LogP contribution in [0.2, 0.25) is 0 Å². The first kappa shape index (κ1) is 16.8. The maximum atomic E-state index is 13.3. The third-order valence-corrected chi connectivity index (χ3v) is 8.32. The fourth-order valence-corrected chi connectivity index (χ4v) is 7.21. The van der Waals surface area contributed by atoms with Crippen LogP contribution in [-0.2, 0) is 14.3 Å². The molecule has 0 aromatic heterocycles. The number of hydrogen-bond acceptors (Lipinski definition) is 6.